The summed E-state index contributed by atoms with van der Waals surface area (Å²) in [6.07, 6.45) is 5.03. The van der Waals surface area contributed by atoms with E-state index in [0.717, 1.165) is 23.1 Å². The Kier molecular flexibility index (Phi) is 7.90. The van der Waals surface area contributed by atoms with Gasteiger partial charge in [0.2, 0.25) is 11.1 Å². The number of nitrogens with one attached hydrogen (secondary N) is 1. The summed E-state index contributed by atoms with van der Waals surface area (Å²) in [5.41, 5.74) is 4.59. The molecule has 2 fully saturated rings. The SMILES string of the molecule is C#CCn1nnnc1SCC1(C(=O)O)CS[C@@H]2C(NC(=O)C(=NOC(C)C)c3csc(N)n3)C(=O)N2C1. The number of oxime groups is 1. The summed E-state index contributed by atoms with van der Waals surface area (Å²) in [5, 5.41) is 29.7. The lowest BCUT2D eigenvalue weighted by molar-refractivity contribution is -0.157. The lowest BCUT2D eigenvalue weighted by atomic mass is 9.89. The molecule has 196 valence electrons. The van der Waals surface area contributed by atoms with Gasteiger partial charge in [0.15, 0.2) is 10.8 Å². The van der Waals surface area contributed by atoms with Crippen LogP contribution in [0.3, 0.4) is 0 Å². The first-order valence-electron chi connectivity index (χ1n) is 10.9. The van der Waals surface area contributed by atoms with E-state index in [9.17, 15) is 19.5 Å². The zero-order valence-electron chi connectivity index (χ0n) is 19.7. The van der Waals surface area contributed by atoms with Crippen LogP contribution in [0, 0.1) is 17.8 Å². The second kappa shape index (κ2) is 10.9. The van der Waals surface area contributed by atoms with Gasteiger partial charge >= 0.3 is 5.97 Å². The van der Waals surface area contributed by atoms with Crippen LogP contribution in [-0.4, -0.2) is 94.3 Å². The summed E-state index contributed by atoms with van der Waals surface area (Å²) in [6.45, 7) is 3.64. The summed E-state index contributed by atoms with van der Waals surface area (Å²) in [7, 11) is 0. The number of aliphatic carboxylic acids is 1. The smallest absolute Gasteiger partial charge is 0.313 e. The molecule has 0 aromatic carbocycles. The molecule has 2 aliphatic rings. The summed E-state index contributed by atoms with van der Waals surface area (Å²) in [6, 6.07) is -0.847. The fourth-order valence-electron chi connectivity index (χ4n) is 3.56. The van der Waals surface area contributed by atoms with Crippen LogP contribution in [0.2, 0.25) is 0 Å². The summed E-state index contributed by atoms with van der Waals surface area (Å²) in [4.78, 5) is 49.1. The first kappa shape index (κ1) is 26.7. The number of nitrogen functional groups attached to an aromatic ring is 1. The fourth-order valence-corrected chi connectivity index (χ4v) is 6.85. The van der Waals surface area contributed by atoms with Crippen LogP contribution in [0.15, 0.2) is 15.7 Å². The van der Waals surface area contributed by atoms with Gasteiger partial charge in [0, 0.05) is 23.4 Å². The molecule has 37 heavy (non-hydrogen) atoms. The van der Waals surface area contributed by atoms with E-state index >= 15 is 0 Å². The number of carbonyl (C=O) groups is 3. The van der Waals surface area contributed by atoms with E-state index in [2.05, 4.69) is 36.9 Å². The Balaban J connectivity index is 1.43. The molecule has 2 unspecified atom stereocenters. The Morgan fingerprint density at radius 1 is 1.51 bits per heavy atom. The minimum atomic E-state index is -1.24. The van der Waals surface area contributed by atoms with Crippen LogP contribution in [0.1, 0.15) is 19.5 Å². The zero-order valence-corrected chi connectivity index (χ0v) is 22.2. The number of carboxylic acid groups (broad SMARTS) is 1. The number of thiazole rings is 1. The second-order valence-corrected chi connectivity index (χ2v) is 11.4. The van der Waals surface area contributed by atoms with Gasteiger partial charge in [-0.15, -0.1) is 34.6 Å². The predicted octanol–water partition coefficient (Wildman–Crippen LogP) is -0.263. The normalized spacial score (nSPS) is 23.2. The van der Waals surface area contributed by atoms with E-state index in [1.54, 1.807) is 19.2 Å². The maximum absolute atomic E-state index is 13.0. The van der Waals surface area contributed by atoms with E-state index < -0.39 is 28.7 Å². The van der Waals surface area contributed by atoms with Crippen molar-refractivity contribution in [3.8, 4) is 12.3 Å². The first-order valence-corrected chi connectivity index (χ1v) is 13.8. The number of hydrogen-bond acceptors (Lipinski definition) is 13. The monoisotopic (exact) mass is 565 g/mol. The van der Waals surface area contributed by atoms with Crippen molar-refractivity contribution in [3.63, 3.8) is 0 Å². The molecule has 3 atom stereocenters. The van der Waals surface area contributed by atoms with Gasteiger partial charge in [-0.25, -0.2) is 9.67 Å². The van der Waals surface area contributed by atoms with E-state index in [-0.39, 0.29) is 53.1 Å². The summed E-state index contributed by atoms with van der Waals surface area (Å²) in [5.74, 6) is 0.708. The van der Waals surface area contributed by atoms with Crippen LogP contribution < -0.4 is 11.1 Å². The second-order valence-electron chi connectivity index (χ2n) is 8.48. The molecular weight excluding hydrogens is 542 g/mol. The number of terminal acetylenes is 1. The number of rotatable bonds is 10. The average Bonchev–Trinajstić information content (AvgIpc) is 3.49. The van der Waals surface area contributed by atoms with Gasteiger partial charge in [-0.3, -0.25) is 14.4 Å². The highest BCUT2D eigenvalue weighted by atomic mass is 32.2. The molecule has 17 heteroatoms. The van der Waals surface area contributed by atoms with E-state index in [0.29, 0.717) is 5.16 Å². The molecule has 2 aromatic rings. The van der Waals surface area contributed by atoms with Crippen molar-refractivity contribution in [1.29, 1.82) is 0 Å². The number of carboxylic acids is 1. The molecule has 14 nitrogen and oxygen atoms in total. The molecule has 0 radical (unpaired) electrons. The third-order valence-electron chi connectivity index (χ3n) is 5.44. The zero-order chi connectivity index (χ0) is 26.7. The van der Waals surface area contributed by atoms with Crippen LogP contribution in [0.25, 0.3) is 0 Å². The molecule has 4 heterocycles. The Morgan fingerprint density at radius 2 is 2.30 bits per heavy atom. The van der Waals surface area contributed by atoms with Crippen LogP contribution in [0.5, 0.6) is 0 Å². The number of amides is 2. The van der Waals surface area contributed by atoms with Crippen molar-refractivity contribution in [2.75, 3.05) is 23.8 Å². The number of anilines is 1. The summed E-state index contributed by atoms with van der Waals surface area (Å²) >= 11 is 3.59. The molecular formula is C20H23N9O5S3. The van der Waals surface area contributed by atoms with Crippen LogP contribution in [0.4, 0.5) is 5.13 Å². The molecule has 4 rings (SSSR count). The highest BCUT2D eigenvalue weighted by molar-refractivity contribution is 8.00. The number of hydrogen-bond donors (Lipinski definition) is 3. The quantitative estimate of drug-likeness (QED) is 0.113. The van der Waals surface area contributed by atoms with Gasteiger partial charge in [-0.2, -0.15) is 0 Å². The van der Waals surface area contributed by atoms with Crippen molar-refractivity contribution in [1.82, 2.24) is 35.4 Å². The highest BCUT2D eigenvalue weighted by Crippen LogP contribution is 2.44. The first-order chi connectivity index (χ1) is 17.6. The lowest BCUT2D eigenvalue weighted by Crippen LogP contribution is -2.74. The fraction of sp³-hybridized carbons (Fsp3) is 0.500. The maximum Gasteiger partial charge on any atom is 0.313 e. The topological polar surface area (TPSA) is 191 Å². The Bertz CT molecular complexity index is 1270. The third-order valence-corrected chi connectivity index (χ3v) is 8.95. The number of nitrogens with two attached hydrogens (primary N) is 1. The number of nitrogens with zero attached hydrogens (tertiary/aromatic N) is 7. The third kappa shape index (κ3) is 5.50. The molecule has 0 spiro atoms. The minimum Gasteiger partial charge on any atom is -0.481 e. The van der Waals surface area contributed by atoms with Crippen molar-refractivity contribution in [3.05, 3.63) is 11.1 Å². The van der Waals surface area contributed by atoms with Gasteiger partial charge in [-0.05, 0) is 24.3 Å². The van der Waals surface area contributed by atoms with Gasteiger partial charge in [0.1, 0.15) is 35.2 Å². The molecule has 0 bridgehead atoms. The predicted molar refractivity (Wildman–Crippen MR) is 137 cm³/mol. The average molecular weight is 566 g/mol. The molecule has 2 aromatic heterocycles. The van der Waals surface area contributed by atoms with Gasteiger partial charge in [0.05, 0.1) is 0 Å². The Morgan fingerprint density at radius 3 is 2.95 bits per heavy atom. The number of aromatic nitrogens is 5. The minimum absolute atomic E-state index is 0.0189. The number of carbonyl (C=O) groups excluding carboxylic acids is 2. The van der Waals surface area contributed by atoms with E-state index in [4.69, 9.17) is 17.0 Å². The lowest BCUT2D eigenvalue weighted by Gasteiger charge is -2.53. The maximum atomic E-state index is 13.0. The molecule has 2 saturated heterocycles. The largest absolute Gasteiger partial charge is 0.481 e. The molecule has 0 saturated carbocycles. The summed E-state index contributed by atoms with van der Waals surface area (Å²) < 4.78 is 1.40. The number of β-lactam (4-membered cyclic amide) rings is 1. The van der Waals surface area contributed by atoms with Gasteiger partial charge in [-0.1, -0.05) is 22.8 Å². The van der Waals surface area contributed by atoms with E-state index in [1.807, 2.05) is 0 Å². The van der Waals surface area contributed by atoms with Crippen LogP contribution >= 0.6 is 34.9 Å². The van der Waals surface area contributed by atoms with Crippen molar-refractivity contribution in [2.45, 2.75) is 43.1 Å². The van der Waals surface area contributed by atoms with Crippen molar-refractivity contribution in [2.24, 2.45) is 10.6 Å². The van der Waals surface area contributed by atoms with Gasteiger partial charge < -0.3 is 25.9 Å². The standard InChI is InChI=1S/C20H23N9O5S3/c1-4-5-29-19(24-26-27-29)37-9-20(17(32)33)7-28-15(31)13(16(28)36-8-20)23-14(30)12(25-34-10(2)3)11-6-35-18(21)22-11/h1,6,10,13,16H,5,7-9H2,2-3H3,(H2,21,22)(H,23,30)(H,32,33)/t13?,16-,20?/m1/s1. The number of tetrazole rings is 1. The van der Waals surface area contributed by atoms with Crippen molar-refractivity contribution < 1.29 is 24.3 Å². The van der Waals surface area contributed by atoms with Gasteiger partial charge in [0.25, 0.3) is 5.91 Å². The van der Waals surface area contributed by atoms with E-state index in [1.165, 1.54) is 21.3 Å². The Labute approximate surface area is 223 Å². The number of thioether (sulfide) groups is 2. The molecule has 2 amide bonds. The highest BCUT2D eigenvalue weighted by Gasteiger charge is 2.57. The van der Waals surface area contributed by atoms with Crippen molar-refractivity contribution >= 4 is 63.5 Å². The Hall–Kier alpha value is -3.36. The molecule has 4 N–H and O–H groups in total. The number of fused-ring (bicyclic) bond motifs is 1. The molecule has 0 aliphatic carbocycles. The van der Waals surface area contributed by atoms with Crippen LogP contribution in [-0.2, 0) is 25.8 Å². The molecule has 2 aliphatic heterocycles.